The van der Waals surface area contributed by atoms with Gasteiger partial charge in [-0.05, 0) is 31.0 Å². The van der Waals surface area contributed by atoms with Gasteiger partial charge in [0.1, 0.15) is 17.2 Å². The highest BCUT2D eigenvalue weighted by Gasteiger charge is 2.42. The Morgan fingerprint density at radius 3 is 2.55 bits per heavy atom. The molecule has 1 aliphatic heterocycles. The van der Waals surface area contributed by atoms with E-state index in [4.69, 9.17) is 9.47 Å². The van der Waals surface area contributed by atoms with E-state index in [2.05, 4.69) is 0 Å². The van der Waals surface area contributed by atoms with Crippen molar-refractivity contribution in [3.8, 4) is 11.5 Å². The summed E-state index contributed by atoms with van der Waals surface area (Å²) in [5, 5.41) is 11.7. The number of methoxy groups -OCH3 is 2. The number of nitrogens with zero attached hydrogens (tertiary/aromatic N) is 2. The minimum Gasteiger partial charge on any atom is -0.496 e. The second-order valence-electron chi connectivity index (χ2n) is 7.48. The van der Waals surface area contributed by atoms with Crippen LogP contribution in [0.25, 0.3) is 0 Å². The minimum atomic E-state index is -0.539. The molecule has 1 amide bonds. The Bertz CT molecular complexity index is 1110. The molecule has 0 saturated heterocycles. The predicted molar refractivity (Wildman–Crippen MR) is 113 cm³/mol. The van der Waals surface area contributed by atoms with Crippen LogP contribution in [0.3, 0.4) is 0 Å². The van der Waals surface area contributed by atoms with E-state index in [1.165, 1.54) is 24.1 Å². The maximum absolute atomic E-state index is 13.4. The second kappa shape index (κ2) is 8.22. The van der Waals surface area contributed by atoms with Crippen LogP contribution in [-0.2, 0) is 9.59 Å². The average Bonchev–Trinajstić information content (AvgIpc) is 2.78. The third-order valence-corrected chi connectivity index (χ3v) is 5.81. The topological polar surface area (TPSA) is 99.0 Å². The van der Waals surface area contributed by atoms with Crippen LogP contribution >= 0.6 is 0 Å². The van der Waals surface area contributed by atoms with Gasteiger partial charge < -0.3 is 9.47 Å². The summed E-state index contributed by atoms with van der Waals surface area (Å²) in [6.07, 6.45) is 1.48. The van der Waals surface area contributed by atoms with Crippen molar-refractivity contribution < 1.29 is 24.0 Å². The van der Waals surface area contributed by atoms with Crippen LogP contribution in [-0.4, -0.2) is 30.8 Å². The van der Waals surface area contributed by atoms with Crippen molar-refractivity contribution in [1.29, 1.82) is 0 Å². The molecular formula is C23H22N2O6. The highest BCUT2D eigenvalue weighted by molar-refractivity contribution is 6.08. The third kappa shape index (κ3) is 3.54. The van der Waals surface area contributed by atoms with Gasteiger partial charge in [-0.1, -0.05) is 18.2 Å². The Balaban J connectivity index is 1.91. The third-order valence-electron chi connectivity index (χ3n) is 5.81. The lowest BCUT2D eigenvalue weighted by molar-refractivity contribution is -0.384. The molecule has 160 valence electrons. The first-order valence-corrected chi connectivity index (χ1v) is 10.0. The van der Waals surface area contributed by atoms with Crippen LogP contribution in [0.15, 0.2) is 53.7 Å². The first-order valence-electron chi connectivity index (χ1n) is 10.0. The van der Waals surface area contributed by atoms with Gasteiger partial charge >= 0.3 is 0 Å². The number of para-hydroxylation sites is 1. The summed E-state index contributed by atoms with van der Waals surface area (Å²) in [6.45, 7) is 0. The fourth-order valence-electron chi connectivity index (χ4n) is 4.46. The molecule has 0 N–H and O–H groups in total. The molecule has 1 aliphatic carbocycles. The lowest BCUT2D eigenvalue weighted by Crippen LogP contribution is -2.40. The number of carbonyl (C=O) groups is 2. The molecule has 2 aromatic rings. The van der Waals surface area contributed by atoms with Crippen LogP contribution in [0.4, 0.5) is 11.4 Å². The van der Waals surface area contributed by atoms with Crippen molar-refractivity contribution in [3.63, 3.8) is 0 Å². The maximum atomic E-state index is 13.4. The van der Waals surface area contributed by atoms with Crippen molar-refractivity contribution in [2.45, 2.75) is 31.6 Å². The van der Waals surface area contributed by atoms with Gasteiger partial charge in [-0.15, -0.1) is 0 Å². The lowest BCUT2D eigenvalue weighted by Gasteiger charge is -2.38. The van der Waals surface area contributed by atoms with Gasteiger partial charge in [0.15, 0.2) is 5.78 Å². The monoisotopic (exact) mass is 422 g/mol. The Morgan fingerprint density at radius 2 is 1.84 bits per heavy atom. The standard InChI is InChI=1S/C23H22N2O6/c1-30-14-10-11-17(19(12-14)25(28)29)24-18-7-5-8-20(26)23(18)16(13-22(24)27)15-6-3-4-9-21(15)31-2/h3-4,6,9-12,16H,5,7-8,13H2,1-2H3. The quantitative estimate of drug-likeness (QED) is 0.530. The molecule has 8 nitrogen and oxygen atoms in total. The molecule has 31 heavy (non-hydrogen) atoms. The summed E-state index contributed by atoms with van der Waals surface area (Å²) in [5.41, 5.74) is 1.76. The smallest absolute Gasteiger partial charge is 0.297 e. The van der Waals surface area contributed by atoms with Crippen molar-refractivity contribution in [3.05, 3.63) is 69.4 Å². The predicted octanol–water partition coefficient (Wildman–Crippen LogP) is 4.14. The zero-order chi connectivity index (χ0) is 22.1. The number of allylic oxidation sites excluding steroid dienone is 2. The van der Waals surface area contributed by atoms with E-state index in [0.29, 0.717) is 42.0 Å². The molecule has 0 saturated carbocycles. The Morgan fingerprint density at radius 1 is 1.06 bits per heavy atom. The van der Waals surface area contributed by atoms with E-state index in [9.17, 15) is 19.7 Å². The van der Waals surface area contributed by atoms with Gasteiger partial charge in [0.25, 0.3) is 5.69 Å². The Hall–Kier alpha value is -3.68. The van der Waals surface area contributed by atoms with Gasteiger partial charge in [0, 0.05) is 35.6 Å². The van der Waals surface area contributed by atoms with Crippen molar-refractivity contribution in [1.82, 2.24) is 0 Å². The molecule has 8 heteroatoms. The molecule has 0 spiro atoms. The summed E-state index contributed by atoms with van der Waals surface area (Å²) in [6, 6.07) is 11.7. The van der Waals surface area contributed by atoms with E-state index in [0.717, 1.165) is 5.56 Å². The molecule has 2 aromatic carbocycles. The molecule has 0 radical (unpaired) electrons. The number of amides is 1. The SMILES string of the molecule is COc1ccc(N2C(=O)CC(c3ccccc3OC)C3=C2CCCC3=O)c([N+](=O)[O-])c1. The lowest BCUT2D eigenvalue weighted by atomic mass is 9.77. The van der Waals surface area contributed by atoms with Gasteiger partial charge in [0.2, 0.25) is 5.91 Å². The number of Topliss-reactive ketones (excluding diaryl/α,β-unsaturated/α-hetero) is 1. The molecule has 4 rings (SSSR count). The number of nitro groups is 1. The molecule has 2 aliphatic rings. The molecular weight excluding hydrogens is 400 g/mol. The van der Waals surface area contributed by atoms with E-state index in [-0.39, 0.29) is 29.5 Å². The van der Waals surface area contributed by atoms with Gasteiger partial charge in [-0.25, -0.2) is 0 Å². The molecule has 0 bridgehead atoms. The normalized spacial score (nSPS) is 18.6. The van der Waals surface area contributed by atoms with Gasteiger partial charge in [0.05, 0.1) is 25.2 Å². The highest BCUT2D eigenvalue weighted by Crippen LogP contribution is 2.47. The van der Waals surface area contributed by atoms with Crippen molar-refractivity contribution >= 4 is 23.1 Å². The molecule has 0 fully saturated rings. The number of rotatable bonds is 5. The number of hydrogen-bond donors (Lipinski definition) is 0. The van der Waals surface area contributed by atoms with E-state index in [1.54, 1.807) is 19.2 Å². The first-order chi connectivity index (χ1) is 15.0. The average molecular weight is 422 g/mol. The van der Waals surface area contributed by atoms with E-state index >= 15 is 0 Å². The van der Waals surface area contributed by atoms with Crippen LogP contribution in [0.2, 0.25) is 0 Å². The van der Waals surface area contributed by atoms with Crippen molar-refractivity contribution in [2.24, 2.45) is 0 Å². The molecule has 1 atom stereocenters. The number of benzene rings is 2. The summed E-state index contributed by atoms with van der Waals surface area (Å²) in [7, 11) is 2.97. The number of anilines is 1. The van der Waals surface area contributed by atoms with Crippen LogP contribution in [0, 0.1) is 10.1 Å². The van der Waals surface area contributed by atoms with Crippen molar-refractivity contribution in [2.75, 3.05) is 19.1 Å². The Kier molecular flexibility index (Phi) is 5.46. The summed E-state index contributed by atoms with van der Waals surface area (Å²) >= 11 is 0. The number of nitro benzene ring substituents is 1. The Labute approximate surface area is 179 Å². The summed E-state index contributed by atoms with van der Waals surface area (Å²) in [4.78, 5) is 38.9. The zero-order valence-electron chi connectivity index (χ0n) is 17.3. The fraction of sp³-hybridized carbons (Fsp3) is 0.304. The van der Waals surface area contributed by atoms with Crippen LogP contribution < -0.4 is 14.4 Å². The fourth-order valence-corrected chi connectivity index (χ4v) is 4.46. The second-order valence-corrected chi connectivity index (χ2v) is 7.48. The number of ketones is 1. The number of hydrogen-bond acceptors (Lipinski definition) is 6. The number of ether oxygens (including phenoxy) is 2. The van der Waals surface area contributed by atoms with Gasteiger partial charge in [-0.2, -0.15) is 0 Å². The summed E-state index contributed by atoms with van der Waals surface area (Å²) in [5.74, 6) is 0.151. The van der Waals surface area contributed by atoms with Crippen LogP contribution in [0.5, 0.6) is 11.5 Å². The molecule has 1 heterocycles. The summed E-state index contributed by atoms with van der Waals surface area (Å²) < 4.78 is 10.6. The van der Waals surface area contributed by atoms with Gasteiger partial charge in [-0.3, -0.25) is 24.6 Å². The molecule has 0 aromatic heterocycles. The van der Waals surface area contributed by atoms with Crippen LogP contribution in [0.1, 0.15) is 37.2 Å². The van der Waals surface area contributed by atoms with E-state index < -0.39 is 10.8 Å². The number of carbonyl (C=O) groups excluding carboxylic acids is 2. The minimum absolute atomic E-state index is 0.0220. The molecule has 1 unspecified atom stereocenters. The largest absolute Gasteiger partial charge is 0.496 e. The first kappa shape index (κ1) is 20.6. The van der Waals surface area contributed by atoms with E-state index in [1.807, 2.05) is 18.2 Å². The zero-order valence-corrected chi connectivity index (χ0v) is 17.3. The highest BCUT2D eigenvalue weighted by atomic mass is 16.6. The maximum Gasteiger partial charge on any atom is 0.297 e.